The molecule has 0 spiro atoms. The van der Waals surface area contributed by atoms with Crippen molar-refractivity contribution in [2.75, 3.05) is 24.5 Å². The topological polar surface area (TPSA) is 40.6 Å². The fourth-order valence-electron chi connectivity index (χ4n) is 3.39. The van der Waals surface area contributed by atoms with E-state index in [9.17, 15) is 27.2 Å². The SMILES string of the molecule is O=C1CC(C(=O)N2CCCc3c(Cl)ccc(F)c32)CN1CC(F)(F)F. The van der Waals surface area contributed by atoms with Crippen molar-refractivity contribution >= 4 is 29.1 Å². The van der Waals surface area contributed by atoms with Crippen molar-refractivity contribution in [3.8, 4) is 0 Å². The van der Waals surface area contributed by atoms with Crippen LogP contribution in [0.1, 0.15) is 18.4 Å². The molecule has 2 aliphatic rings. The smallest absolute Gasteiger partial charge is 0.333 e. The molecule has 2 aliphatic heterocycles. The predicted molar refractivity (Wildman–Crippen MR) is 82.8 cm³/mol. The average Bonchev–Trinajstić information content (AvgIpc) is 2.89. The Bertz CT molecular complexity index is 723. The fraction of sp³-hybridized carbons (Fsp3) is 0.500. The molecular weight excluding hydrogens is 364 g/mol. The van der Waals surface area contributed by atoms with Crippen LogP contribution in [0.5, 0.6) is 0 Å². The van der Waals surface area contributed by atoms with Gasteiger partial charge in [-0.25, -0.2) is 4.39 Å². The highest BCUT2D eigenvalue weighted by atomic mass is 35.5. The van der Waals surface area contributed by atoms with Gasteiger partial charge in [0.2, 0.25) is 11.8 Å². The van der Waals surface area contributed by atoms with Gasteiger partial charge in [0.15, 0.2) is 0 Å². The number of hydrogen-bond donors (Lipinski definition) is 0. The number of alkyl halides is 3. The number of nitrogens with zero attached hydrogens (tertiary/aromatic N) is 2. The van der Waals surface area contributed by atoms with Gasteiger partial charge in [-0.15, -0.1) is 0 Å². The summed E-state index contributed by atoms with van der Waals surface area (Å²) in [7, 11) is 0. The van der Waals surface area contributed by atoms with E-state index in [1.165, 1.54) is 11.0 Å². The minimum atomic E-state index is -4.52. The van der Waals surface area contributed by atoms with Crippen molar-refractivity contribution in [3.05, 3.63) is 28.5 Å². The summed E-state index contributed by atoms with van der Waals surface area (Å²) in [6.45, 7) is -1.45. The summed E-state index contributed by atoms with van der Waals surface area (Å²) < 4.78 is 51.8. The van der Waals surface area contributed by atoms with Crippen LogP contribution in [0.25, 0.3) is 0 Å². The molecule has 1 unspecified atom stereocenters. The standard InChI is InChI=1S/C16H15ClF4N2O2/c17-11-3-4-12(18)14-10(11)2-1-5-23(14)15(25)9-6-13(24)22(7-9)8-16(19,20)21/h3-4,9H,1-2,5-8H2. The molecular formula is C16H15ClF4N2O2. The number of fused-ring (bicyclic) bond motifs is 1. The molecule has 9 heteroatoms. The molecule has 1 atom stereocenters. The second-order valence-corrected chi connectivity index (χ2v) is 6.65. The molecule has 0 aliphatic carbocycles. The van der Waals surface area contributed by atoms with Gasteiger partial charge in [0.05, 0.1) is 11.6 Å². The monoisotopic (exact) mass is 378 g/mol. The maximum atomic E-state index is 14.2. The molecule has 25 heavy (non-hydrogen) atoms. The zero-order valence-electron chi connectivity index (χ0n) is 13.1. The predicted octanol–water partition coefficient (Wildman–Crippen LogP) is 3.17. The van der Waals surface area contributed by atoms with Crippen LogP contribution in [0.2, 0.25) is 5.02 Å². The molecule has 1 aromatic rings. The van der Waals surface area contributed by atoms with E-state index >= 15 is 0 Å². The van der Waals surface area contributed by atoms with Gasteiger partial charge in [-0.1, -0.05) is 11.6 Å². The minimum absolute atomic E-state index is 0.0745. The third-order valence-corrected chi connectivity index (χ3v) is 4.81. The van der Waals surface area contributed by atoms with Crippen LogP contribution < -0.4 is 4.90 Å². The number of carbonyl (C=O) groups is 2. The number of carbonyl (C=O) groups excluding carboxylic acids is 2. The molecule has 1 fully saturated rings. The van der Waals surface area contributed by atoms with Crippen LogP contribution in [-0.4, -0.2) is 42.5 Å². The van der Waals surface area contributed by atoms with Gasteiger partial charge >= 0.3 is 6.18 Å². The Hall–Kier alpha value is -1.83. The van der Waals surface area contributed by atoms with Crippen LogP contribution in [-0.2, 0) is 16.0 Å². The van der Waals surface area contributed by atoms with E-state index in [-0.39, 0.29) is 25.2 Å². The molecule has 0 bridgehead atoms. The highest BCUT2D eigenvalue weighted by molar-refractivity contribution is 6.32. The van der Waals surface area contributed by atoms with Crippen molar-refractivity contribution < 1.29 is 27.2 Å². The maximum absolute atomic E-state index is 14.2. The summed E-state index contributed by atoms with van der Waals surface area (Å²) in [5, 5.41) is 0.343. The molecule has 0 radical (unpaired) electrons. The van der Waals surface area contributed by atoms with E-state index in [4.69, 9.17) is 11.6 Å². The van der Waals surface area contributed by atoms with E-state index in [1.54, 1.807) is 0 Å². The molecule has 2 amide bonds. The van der Waals surface area contributed by atoms with Gasteiger partial charge in [-0.3, -0.25) is 9.59 Å². The summed E-state index contributed by atoms with van der Waals surface area (Å²) in [6, 6.07) is 2.57. The zero-order valence-corrected chi connectivity index (χ0v) is 13.8. The van der Waals surface area contributed by atoms with Crippen molar-refractivity contribution in [2.24, 2.45) is 5.92 Å². The Labute approximate surface area is 146 Å². The van der Waals surface area contributed by atoms with Crippen LogP contribution in [0.15, 0.2) is 12.1 Å². The summed E-state index contributed by atoms with van der Waals surface area (Å²) in [4.78, 5) is 26.4. The molecule has 136 valence electrons. The fourth-order valence-corrected chi connectivity index (χ4v) is 3.63. The lowest BCUT2D eigenvalue weighted by Gasteiger charge is -2.32. The van der Waals surface area contributed by atoms with Gasteiger partial charge in [0.25, 0.3) is 0 Å². The van der Waals surface area contributed by atoms with E-state index in [2.05, 4.69) is 0 Å². The Morgan fingerprint density at radius 1 is 1.32 bits per heavy atom. The summed E-state index contributed by atoms with van der Waals surface area (Å²) in [5.41, 5.74) is 0.586. The van der Waals surface area contributed by atoms with Crippen molar-refractivity contribution in [1.29, 1.82) is 0 Å². The summed E-state index contributed by atoms with van der Waals surface area (Å²) in [6.07, 6.45) is -3.75. The normalized spacial score (nSPS) is 20.8. The lowest BCUT2D eigenvalue weighted by molar-refractivity contribution is -0.157. The van der Waals surface area contributed by atoms with E-state index < -0.39 is 36.3 Å². The summed E-state index contributed by atoms with van der Waals surface area (Å²) in [5.74, 6) is -2.79. The van der Waals surface area contributed by atoms with Crippen molar-refractivity contribution in [3.63, 3.8) is 0 Å². The van der Waals surface area contributed by atoms with Crippen LogP contribution in [0.4, 0.5) is 23.2 Å². The Morgan fingerprint density at radius 2 is 2.04 bits per heavy atom. The average molecular weight is 379 g/mol. The number of hydrogen-bond acceptors (Lipinski definition) is 2. The highest BCUT2D eigenvalue weighted by Crippen LogP contribution is 2.37. The van der Waals surface area contributed by atoms with Crippen LogP contribution >= 0.6 is 11.6 Å². The lowest BCUT2D eigenvalue weighted by Crippen LogP contribution is -2.42. The molecule has 0 saturated carbocycles. The van der Waals surface area contributed by atoms with Crippen LogP contribution in [0.3, 0.4) is 0 Å². The second kappa shape index (κ2) is 6.48. The first kappa shape index (κ1) is 18.0. The third kappa shape index (κ3) is 3.58. The Kier molecular flexibility index (Phi) is 4.66. The molecule has 1 saturated heterocycles. The second-order valence-electron chi connectivity index (χ2n) is 6.24. The Balaban J connectivity index is 1.82. The van der Waals surface area contributed by atoms with Crippen LogP contribution in [0, 0.1) is 11.7 Å². The number of amides is 2. The molecule has 1 aromatic carbocycles. The molecule has 0 N–H and O–H groups in total. The number of rotatable bonds is 2. The molecule has 2 heterocycles. The third-order valence-electron chi connectivity index (χ3n) is 4.45. The van der Waals surface area contributed by atoms with Gasteiger partial charge < -0.3 is 9.80 Å². The van der Waals surface area contributed by atoms with E-state index in [0.29, 0.717) is 28.3 Å². The molecule has 0 aromatic heterocycles. The molecule has 4 nitrogen and oxygen atoms in total. The van der Waals surface area contributed by atoms with E-state index in [0.717, 1.165) is 6.07 Å². The van der Waals surface area contributed by atoms with Crippen molar-refractivity contribution in [1.82, 2.24) is 4.90 Å². The van der Waals surface area contributed by atoms with Gasteiger partial charge in [-0.2, -0.15) is 13.2 Å². The zero-order chi connectivity index (χ0) is 18.4. The van der Waals surface area contributed by atoms with Gasteiger partial charge in [-0.05, 0) is 30.5 Å². The number of benzene rings is 1. The van der Waals surface area contributed by atoms with Gasteiger partial charge in [0.1, 0.15) is 12.4 Å². The molecule has 3 rings (SSSR count). The maximum Gasteiger partial charge on any atom is 0.406 e. The largest absolute Gasteiger partial charge is 0.406 e. The lowest BCUT2D eigenvalue weighted by atomic mass is 9.98. The van der Waals surface area contributed by atoms with Crippen molar-refractivity contribution in [2.45, 2.75) is 25.4 Å². The first-order valence-electron chi connectivity index (χ1n) is 7.80. The first-order chi connectivity index (χ1) is 11.7. The number of anilines is 1. The quantitative estimate of drug-likeness (QED) is 0.742. The summed E-state index contributed by atoms with van der Waals surface area (Å²) >= 11 is 6.07. The van der Waals surface area contributed by atoms with Gasteiger partial charge in [0, 0.05) is 24.5 Å². The van der Waals surface area contributed by atoms with E-state index in [1.807, 2.05) is 0 Å². The Morgan fingerprint density at radius 3 is 2.72 bits per heavy atom. The first-order valence-corrected chi connectivity index (χ1v) is 8.18. The number of halogens is 5. The number of likely N-dealkylation sites (tertiary alicyclic amines) is 1. The minimum Gasteiger partial charge on any atom is -0.333 e. The highest BCUT2D eigenvalue weighted by Gasteiger charge is 2.42.